The molecule has 5 nitrogen and oxygen atoms in total. The van der Waals surface area contributed by atoms with Gasteiger partial charge in [0.1, 0.15) is 17.4 Å². The van der Waals surface area contributed by atoms with Crippen LogP contribution in [-0.4, -0.2) is 53.1 Å². The minimum Gasteiger partial charge on any atom is -0.490 e. The average Bonchev–Trinajstić information content (AvgIpc) is 3.04. The summed E-state index contributed by atoms with van der Waals surface area (Å²) < 4.78 is 12.3. The quantitative estimate of drug-likeness (QED) is 0.790. The van der Waals surface area contributed by atoms with Crippen molar-refractivity contribution in [3.8, 4) is 5.75 Å². The van der Waals surface area contributed by atoms with Crippen LogP contribution in [0.15, 0.2) is 22.6 Å². The number of fused-ring (bicyclic) bond motifs is 1. The van der Waals surface area contributed by atoms with Crippen molar-refractivity contribution in [2.24, 2.45) is 0 Å². The molecule has 3 fully saturated rings. The number of nitrogens with zero attached hydrogens (tertiary/aromatic N) is 3. The molecular formula is C22H31N3O2. The van der Waals surface area contributed by atoms with Gasteiger partial charge in [0.05, 0.1) is 6.54 Å². The van der Waals surface area contributed by atoms with Gasteiger partial charge in [-0.2, -0.15) is 0 Å². The lowest BCUT2D eigenvalue weighted by molar-refractivity contribution is 0.0494. The van der Waals surface area contributed by atoms with Crippen LogP contribution in [0.25, 0.3) is 11.1 Å². The van der Waals surface area contributed by atoms with Gasteiger partial charge < -0.3 is 14.1 Å². The molecule has 27 heavy (non-hydrogen) atoms. The molecular weight excluding hydrogens is 338 g/mol. The number of rotatable bonds is 5. The van der Waals surface area contributed by atoms with E-state index in [0.717, 1.165) is 61.3 Å². The van der Waals surface area contributed by atoms with Crippen LogP contribution in [0.4, 0.5) is 0 Å². The van der Waals surface area contributed by atoms with Crippen LogP contribution >= 0.6 is 0 Å². The van der Waals surface area contributed by atoms with E-state index >= 15 is 0 Å². The summed E-state index contributed by atoms with van der Waals surface area (Å²) in [6, 6.07) is 6.97. The molecule has 2 aromatic rings. The zero-order valence-electron chi connectivity index (χ0n) is 16.2. The highest BCUT2D eigenvalue weighted by molar-refractivity contribution is 5.74. The third-order valence-electron chi connectivity index (χ3n) is 6.58. The second kappa shape index (κ2) is 7.80. The lowest BCUT2D eigenvalue weighted by Crippen LogP contribution is -2.46. The maximum atomic E-state index is 6.28. The summed E-state index contributed by atoms with van der Waals surface area (Å²) in [4.78, 5) is 9.78. The number of hydrogen-bond donors (Lipinski definition) is 0. The summed E-state index contributed by atoms with van der Waals surface area (Å²) in [5.74, 6) is 1.75. The SMILES string of the molecule is c1cc2nc(CN3CCCCC3)oc2cc1OC1CCN(C2CCC2)CC1. The van der Waals surface area contributed by atoms with E-state index in [1.54, 1.807) is 0 Å². The molecule has 1 aliphatic carbocycles. The molecule has 146 valence electrons. The fraction of sp³-hybridized carbons (Fsp3) is 0.682. The van der Waals surface area contributed by atoms with Gasteiger partial charge in [0.15, 0.2) is 5.58 Å². The average molecular weight is 370 g/mol. The van der Waals surface area contributed by atoms with Gasteiger partial charge in [0, 0.05) is 25.2 Å². The second-order valence-electron chi connectivity index (χ2n) is 8.51. The van der Waals surface area contributed by atoms with E-state index in [4.69, 9.17) is 9.15 Å². The van der Waals surface area contributed by atoms with Gasteiger partial charge in [-0.05, 0) is 63.7 Å². The van der Waals surface area contributed by atoms with Crippen molar-refractivity contribution in [1.29, 1.82) is 0 Å². The Kier molecular flexibility index (Phi) is 5.06. The Morgan fingerprint density at radius 3 is 2.52 bits per heavy atom. The van der Waals surface area contributed by atoms with Crippen LogP contribution < -0.4 is 4.74 Å². The van der Waals surface area contributed by atoms with Gasteiger partial charge in [0.25, 0.3) is 0 Å². The second-order valence-corrected chi connectivity index (χ2v) is 8.51. The highest BCUT2D eigenvalue weighted by Gasteiger charge is 2.29. The van der Waals surface area contributed by atoms with E-state index in [1.807, 2.05) is 18.2 Å². The Morgan fingerprint density at radius 2 is 1.78 bits per heavy atom. The number of benzene rings is 1. The summed E-state index contributed by atoms with van der Waals surface area (Å²) in [5.41, 5.74) is 1.79. The van der Waals surface area contributed by atoms with Gasteiger partial charge in [-0.15, -0.1) is 0 Å². The van der Waals surface area contributed by atoms with E-state index in [0.29, 0.717) is 6.10 Å². The topological polar surface area (TPSA) is 41.7 Å². The van der Waals surface area contributed by atoms with Crippen LogP contribution in [0.5, 0.6) is 5.75 Å². The predicted octanol–water partition coefficient (Wildman–Crippen LogP) is 4.21. The molecule has 0 radical (unpaired) electrons. The lowest BCUT2D eigenvalue weighted by atomic mass is 9.90. The van der Waals surface area contributed by atoms with Crippen molar-refractivity contribution in [1.82, 2.24) is 14.8 Å². The molecule has 0 bridgehead atoms. The number of hydrogen-bond acceptors (Lipinski definition) is 5. The van der Waals surface area contributed by atoms with E-state index in [1.165, 1.54) is 51.6 Å². The maximum absolute atomic E-state index is 6.28. The molecule has 3 heterocycles. The minimum absolute atomic E-state index is 0.328. The maximum Gasteiger partial charge on any atom is 0.209 e. The van der Waals surface area contributed by atoms with Gasteiger partial charge >= 0.3 is 0 Å². The third kappa shape index (κ3) is 3.99. The zero-order valence-corrected chi connectivity index (χ0v) is 16.2. The first-order valence-electron chi connectivity index (χ1n) is 10.9. The molecule has 5 heteroatoms. The normalized spacial score (nSPS) is 23.6. The molecule has 5 rings (SSSR count). The molecule has 2 aliphatic heterocycles. The number of likely N-dealkylation sites (tertiary alicyclic amines) is 2. The largest absolute Gasteiger partial charge is 0.490 e. The van der Waals surface area contributed by atoms with Crippen molar-refractivity contribution in [2.75, 3.05) is 26.2 Å². The van der Waals surface area contributed by atoms with Gasteiger partial charge in [-0.25, -0.2) is 4.98 Å². The fourth-order valence-electron chi connectivity index (χ4n) is 4.71. The molecule has 0 N–H and O–H groups in total. The summed E-state index contributed by atoms with van der Waals surface area (Å²) in [6.45, 7) is 5.50. The lowest BCUT2D eigenvalue weighted by Gasteiger charge is -2.41. The number of oxazole rings is 1. The van der Waals surface area contributed by atoms with Crippen LogP contribution in [-0.2, 0) is 6.54 Å². The number of aromatic nitrogens is 1. The molecule has 0 atom stereocenters. The van der Waals surface area contributed by atoms with Crippen LogP contribution in [0.1, 0.15) is 57.3 Å². The summed E-state index contributed by atoms with van der Waals surface area (Å²) >= 11 is 0. The molecule has 2 saturated heterocycles. The predicted molar refractivity (Wildman–Crippen MR) is 106 cm³/mol. The van der Waals surface area contributed by atoms with Gasteiger partial charge in [0.2, 0.25) is 5.89 Å². The minimum atomic E-state index is 0.328. The van der Waals surface area contributed by atoms with Crippen LogP contribution in [0.3, 0.4) is 0 Å². The monoisotopic (exact) mass is 369 g/mol. The Bertz CT molecular complexity index is 756. The van der Waals surface area contributed by atoms with Gasteiger partial charge in [-0.3, -0.25) is 4.90 Å². The van der Waals surface area contributed by atoms with Crippen molar-refractivity contribution < 1.29 is 9.15 Å². The Balaban J connectivity index is 1.19. The van der Waals surface area contributed by atoms with E-state index < -0.39 is 0 Å². The Hall–Kier alpha value is -1.59. The Morgan fingerprint density at radius 1 is 0.963 bits per heavy atom. The van der Waals surface area contributed by atoms with Crippen molar-refractivity contribution in [2.45, 2.75) is 70.1 Å². The van der Waals surface area contributed by atoms with Crippen LogP contribution in [0.2, 0.25) is 0 Å². The van der Waals surface area contributed by atoms with Crippen molar-refractivity contribution >= 4 is 11.1 Å². The summed E-state index contributed by atoms with van der Waals surface area (Å²) in [7, 11) is 0. The first-order chi connectivity index (χ1) is 13.3. The standard InChI is InChI=1S/C22H31N3O2/c1-2-11-24(12-3-1)16-22-23-20-8-7-19(15-21(20)27-22)26-18-9-13-25(14-10-18)17-5-4-6-17/h7-8,15,17-18H,1-6,9-14,16H2. The molecule has 3 aliphatic rings. The zero-order chi connectivity index (χ0) is 18.1. The highest BCUT2D eigenvalue weighted by Crippen LogP contribution is 2.29. The molecule has 0 unspecified atom stereocenters. The smallest absolute Gasteiger partial charge is 0.209 e. The molecule has 1 aromatic heterocycles. The van der Waals surface area contributed by atoms with Crippen molar-refractivity contribution in [3.63, 3.8) is 0 Å². The fourth-order valence-corrected chi connectivity index (χ4v) is 4.71. The van der Waals surface area contributed by atoms with Crippen molar-refractivity contribution in [3.05, 3.63) is 24.1 Å². The highest BCUT2D eigenvalue weighted by atomic mass is 16.5. The molecule has 1 aromatic carbocycles. The first-order valence-corrected chi connectivity index (χ1v) is 10.9. The Labute approximate surface area is 161 Å². The first kappa shape index (κ1) is 17.5. The van der Waals surface area contributed by atoms with E-state index in [2.05, 4.69) is 14.8 Å². The number of piperidine rings is 2. The summed E-state index contributed by atoms with van der Waals surface area (Å²) in [6.07, 6.45) is 10.7. The van der Waals surface area contributed by atoms with Gasteiger partial charge in [-0.1, -0.05) is 12.8 Å². The molecule has 0 spiro atoms. The molecule has 1 saturated carbocycles. The van der Waals surface area contributed by atoms with E-state index in [9.17, 15) is 0 Å². The van der Waals surface area contributed by atoms with E-state index in [-0.39, 0.29) is 0 Å². The molecule has 0 amide bonds. The number of ether oxygens (including phenoxy) is 1. The summed E-state index contributed by atoms with van der Waals surface area (Å²) in [5, 5.41) is 0. The van der Waals surface area contributed by atoms with Crippen LogP contribution in [0, 0.1) is 0 Å². The third-order valence-corrected chi connectivity index (χ3v) is 6.58.